The molecule has 106 valence electrons. The molecule has 0 aliphatic heterocycles. The highest BCUT2D eigenvalue weighted by Gasteiger charge is 2.16. The highest BCUT2D eigenvalue weighted by Crippen LogP contribution is 2.29. The molecule has 0 aliphatic carbocycles. The summed E-state index contributed by atoms with van der Waals surface area (Å²) in [5.74, 6) is 0.484. The highest BCUT2D eigenvalue weighted by atomic mass is 19.1. The predicted octanol–water partition coefficient (Wildman–Crippen LogP) is 3.73. The van der Waals surface area contributed by atoms with Gasteiger partial charge in [-0.3, -0.25) is 0 Å². The Bertz CT molecular complexity index is 585. The zero-order valence-corrected chi connectivity index (χ0v) is 12.0. The smallest absolute Gasteiger partial charge is 0.123 e. The molecule has 0 saturated heterocycles. The third-order valence-corrected chi connectivity index (χ3v) is 3.50. The number of para-hydroxylation sites is 1. The molecule has 0 aromatic heterocycles. The number of rotatable bonds is 4. The number of methoxy groups -OCH3 is 1. The van der Waals surface area contributed by atoms with Gasteiger partial charge in [-0.25, -0.2) is 4.39 Å². The van der Waals surface area contributed by atoms with E-state index in [4.69, 9.17) is 4.74 Å². The lowest BCUT2D eigenvalue weighted by Gasteiger charge is -2.18. The summed E-state index contributed by atoms with van der Waals surface area (Å²) >= 11 is 0. The Morgan fingerprint density at radius 3 is 2.35 bits per heavy atom. The van der Waals surface area contributed by atoms with E-state index in [1.165, 1.54) is 12.1 Å². The summed E-state index contributed by atoms with van der Waals surface area (Å²) in [6, 6.07) is 10.5. The number of aliphatic hydroxyl groups is 1. The van der Waals surface area contributed by atoms with E-state index in [0.717, 1.165) is 28.0 Å². The van der Waals surface area contributed by atoms with E-state index in [9.17, 15) is 9.50 Å². The topological polar surface area (TPSA) is 29.5 Å². The first-order chi connectivity index (χ1) is 9.52. The maximum Gasteiger partial charge on any atom is 0.123 e. The Hall–Kier alpha value is -1.87. The van der Waals surface area contributed by atoms with Gasteiger partial charge in [0.05, 0.1) is 13.2 Å². The molecule has 0 bridgehead atoms. The Labute approximate surface area is 118 Å². The second-order valence-corrected chi connectivity index (χ2v) is 4.99. The number of aryl methyl sites for hydroxylation is 2. The lowest BCUT2D eigenvalue weighted by atomic mass is 9.93. The molecule has 2 nitrogen and oxygen atoms in total. The van der Waals surface area contributed by atoms with Gasteiger partial charge >= 0.3 is 0 Å². The average molecular weight is 274 g/mol. The van der Waals surface area contributed by atoms with E-state index in [1.807, 2.05) is 38.1 Å². The van der Waals surface area contributed by atoms with Crippen LogP contribution in [0.5, 0.6) is 5.75 Å². The number of ether oxygens (including phenoxy) is 1. The third-order valence-electron chi connectivity index (χ3n) is 3.50. The number of benzene rings is 2. The number of hydrogen-bond donors (Lipinski definition) is 1. The van der Waals surface area contributed by atoms with Gasteiger partial charge in [0.2, 0.25) is 0 Å². The Morgan fingerprint density at radius 1 is 1.15 bits per heavy atom. The second-order valence-electron chi connectivity index (χ2n) is 4.99. The summed E-state index contributed by atoms with van der Waals surface area (Å²) in [6.45, 7) is 3.63. The van der Waals surface area contributed by atoms with E-state index in [1.54, 1.807) is 7.11 Å². The molecule has 0 spiro atoms. The van der Waals surface area contributed by atoms with Crippen molar-refractivity contribution in [3.05, 3.63) is 64.5 Å². The lowest BCUT2D eigenvalue weighted by molar-refractivity contribution is 0.175. The quantitative estimate of drug-likeness (QED) is 0.920. The summed E-state index contributed by atoms with van der Waals surface area (Å²) in [7, 11) is 1.61. The molecule has 20 heavy (non-hydrogen) atoms. The summed E-state index contributed by atoms with van der Waals surface area (Å²) < 4.78 is 18.6. The van der Waals surface area contributed by atoms with E-state index in [0.29, 0.717) is 6.42 Å². The van der Waals surface area contributed by atoms with E-state index < -0.39 is 6.10 Å². The van der Waals surface area contributed by atoms with Gasteiger partial charge in [-0.1, -0.05) is 18.2 Å². The SMILES string of the molecule is COc1ccccc1CC(O)c1c(C)cc(F)cc1C. The number of halogens is 1. The first kappa shape index (κ1) is 14.5. The molecule has 0 heterocycles. The Balaban J connectivity index is 2.31. The maximum atomic E-state index is 13.3. The van der Waals surface area contributed by atoms with Crippen LogP contribution in [0.2, 0.25) is 0 Å². The molecular weight excluding hydrogens is 255 g/mol. The summed E-state index contributed by atoms with van der Waals surface area (Å²) in [5.41, 5.74) is 3.26. The molecule has 0 radical (unpaired) electrons. The predicted molar refractivity (Wildman–Crippen MR) is 77.5 cm³/mol. The Morgan fingerprint density at radius 2 is 1.75 bits per heavy atom. The summed E-state index contributed by atoms with van der Waals surface area (Å²) in [4.78, 5) is 0. The van der Waals surface area contributed by atoms with Gasteiger partial charge in [0.25, 0.3) is 0 Å². The van der Waals surface area contributed by atoms with Crippen LogP contribution in [0.4, 0.5) is 4.39 Å². The van der Waals surface area contributed by atoms with E-state index >= 15 is 0 Å². The molecule has 1 N–H and O–H groups in total. The van der Waals surface area contributed by atoms with Crippen LogP contribution in [-0.4, -0.2) is 12.2 Å². The van der Waals surface area contributed by atoms with Crippen LogP contribution < -0.4 is 4.74 Å². The van der Waals surface area contributed by atoms with E-state index in [-0.39, 0.29) is 5.82 Å². The molecule has 1 unspecified atom stereocenters. The van der Waals surface area contributed by atoms with Crippen LogP contribution >= 0.6 is 0 Å². The van der Waals surface area contributed by atoms with Crippen LogP contribution in [0.25, 0.3) is 0 Å². The first-order valence-corrected chi connectivity index (χ1v) is 6.59. The van der Waals surface area contributed by atoms with Crippen molar-refractivity contribution in [2.45, 2.75) is 26.4 Å². The van der Waals surface area contributed by atoms with Crippen molar-refractivity contribution < 1.29 is 14.2 Å². The third kappa shape index (κ3) is 2.99. The van der Waals surface area contributed by atoms with Crippen LogP contribution in [0, 0.1) is 19.7 Å². The van der Waals surface area contributed by atoms with Crippen molar-refractivity contribution in [1.29, 1.82) is 0 Å². The minimum Gasteiger partial charge on any atom is -0.496 e. The molecule has 0 amide bonds. The van der Waals surface area contributed by atoms with Crippen molar-refractivity contribution in [3.8, 4) is 5.75 Å². The zero-order valence-electron chi connectivity index (χ0n) is 12.0. The van der Waals surface area contributed by atoms with Crippen LogP contribution in [-0.2, 0) is 6.42 Å². The van der Waals surface area contributed by atoms with Crippen LogP contribution in [0.15, 0.2) is 36.4 Å². The van der Waals surface area contributed by atoms with Crippen LogP contribution in [0.3, 0.4) is 0 Å². The number of hydrogen-bond acceptors (Lipinski definition) is 2. The van der Waals surface area contributed by atoms with Gasteiger partial charge in [0, 0.05) is 6.42 Å². The normalized spacial score (nSPS) is 12.2. The van der Waals surface area contributed by atoms with Crippen molar-refractivity contribution in [2.75, 3.05) is 7.11 Å². The summed E-state index contributed by atoms with van der Waals surface area (Å²) in [5, 5.41) is 10.5. The minimum absolute atomic E-state index is 0.270. The van der Waals surface area contributed by atoms with Crippen molar-refractivity contribution in [3.63, 3.8) is 0 Å². The fraction of sp³-hybridized carbons (Fsp3) is 0.294. The monoisotopic (exact) mass is 274 g/mol. The Kier molecular flexibility index (Phi) is 4.40. The maximum absolute atomic E-state index is 13.3. The van der Waals surface area contributed by atoms with Crippen molar-refractivity contribution >= 4 is 0 Å². The molecular formula is C17H19FO2. The van der Waals surface area contributed by atoms with Gasteiger partial charge in [0.15, 0.2) is 0 Å². The summed E-state index contributed by atoms with van der Waals surface area (Å²) in [6.07, 6.45) is -0.232. The van der Waals surface area contributed by atoms with Crippen LogP contribution in [0.1, 0.15) is 28.4 Å². The van der Waals surface area contributed by atoms with Gasteiger partial charge in [-0.15, -0.1) is 0 Å². The minimum atomic E-state index is -0.674. The zero-order chi connectivity index (χ0) is 14.7. The fourth-order valence-electron chi connectivity index (χ4n) is 2.63. The lowest BCUT2D eigenvalue weighted by Crippen LogP contribution is -2.07. The molecule has 2 aromatic carbocycles. The molecule has 3 heteroatoms. The molecule has 2 aromatic rings. The van der Waals surface area contributed by atoms with Crippen molar-refractivity contribution in [2.24, 2.45) is 0 Å². The second kappa shape index (κ2) is 6.06. The fourth-order valence-corrected chi connectivity index (χ4v) is 2.63. The number of aliphatic hydroxyl groups excluding tert-OH is 1. The molecule has 0 fully saturated rings. The van der Waals surface area contributed by atoms with E-state index in [2.05, 4.69) is 0 Å². The largest absolute Gasteiger partial charge is 0.496 e. The van der Waals surface area contributed by atoms with Gasteiger partial charge in [-0.05, 0) is 54.3 Å². The standard InChI is InChI=1S/C17H19FO2/c1-11-8-14(18)9-12(2)17(11)15(19)10-13-6-4-5-7-16(13)20-3/h4-9,15,19H,10H2,1-3H3. The molecule has 0 saturated carbocycles. The molecule has 1 atom stereocenters. The van der Waals surface area contributed by atoms with Gasteiger partial charge < -0.3 is 9.84 Å². The average Bonchev–Trinajstić information content (AvgIpc) is 2.38. The molecule has 0 aliphatic rings. The van der Waals surface area contributed by atoms with Gasteiger partial charge in [0.1, 0.15) is 11.6 Å². The van der Waals surface area contributed by atoms with Gasteiger partial charge in [-0.2, -0.15) is 0 Å². The first-order valence-electron chi connectivity index (χ1n) is 6.59. The highest BCUT2D eigenvalue weighted by molar-refractivity contribution is 5.39. The van der Waals surface area contributed by atoms with Crippen molar-refractivity contribution in [1.82, 2.24) is 0 Å². The molecule has 2 rings (SSSR count).